The van der Waals surface area contributed by atoms with Crippen molar-refractivity contribution in [1.82, 2.24) is 0 Å². The van der Waals surface area contributed by atoms with Crippen LogP contribution in [0.3, 0.4) is 0 Å². The molecule has 0 spiro atoms. The van der Waals surface area contributed by atoms with Gasteiger partial charge < -0.3 is 14.6 Å². The molecule has 0 atom stereocenters. The molecule has 0 aliphatic rings. The molecule has 0 saturated carbocycles. The van der Waals surface area contributed by atoms with Gasteiger partial charge in [0.05, 0.1) is 5.97 Å². The van der Waals surface area contributed by atoms with Gasteiger partial charge in [-0.1, -0.05) is 0 Å². The Morgan fingerprint density at radius 3 is 2.22 bits per heavy atom. The number of carboxylic acids is 1. The van der Waals surface area contributed by atoms with E-state index in [-0.39, 0.29) is 0 Å². The van der Waals surface area contributed by atoms with Gasteiger partial charge in [0.1, 0.15) is 5.60 Å². The maximum atomic E-state index is 10.2. The highest BCUT2D eigenvalue weighted by atomic mass is 16.5. The first-order chi connectivity index (χ1) is 4.00. The van der Waals surface area contributed by atoms with E-state index in [0.717, 1.165) is 0 Å². The van der Waals surface area contributed by atoms with E-state index < -0.39 is 11.6 Å². The highest BCUT2D eigenvalue weighted by molar-refractivity contribution is 5.74. The van der Waals surface area contributed by atoms with Gasteiger partial charge in [0.15, 0.2) is 0 Å². The van der Waals surface area contributed by atoms with Crippen LogP contribution < -0.4 is 5.11 Å². The zero-order valence-corrected chi connectivity index (χ0v) is 5.93. The van der Waals surface area contributed by atoms with Crippen LogP contribution in [-0.2, 0) is 9.53 Å². The molecule has 0 unspecified atom stereocenters. The summed E-state index contributed by atoms with van der Waals surface area (Å²) in [6.45, 7) is 5.06. The van der Waals surface area contributed by atoms with E-state index in [9.17, 15) is 9.90 Å². The maximum absolute atomic E-state index is 10.2. The standard InChI is InChI=1S/C6H12O3/c1-4-9-6(2,3)5(7)8/h4H2,1-3H3,(H,7,8)/p-1. The summed E-state index contributed by atoms with van der Waals surface area (Å²) < 4.78 is 4.83. The molecule has 0 rings (SSSR count). The fourth-order valence-electron chi connectivity index (χ4n) is 0.420. The normalized spacial score (nSPS) is 11.4. The molecular weight excluding hydrogens is 120 g/mol. The number of rotatable bonds is 3. The minimum Gasteiger partial charge on any atom is -0.547 e. The average Bonchev–Trinajstić information content (AvgIpc) is 1.65. The summed E-state index contributed by atoms with van der Waals surface area (Å²) in [7, 11) is 0. The highest BCUT2D eigenvalue weighted by Crippen LogP contribution is 2.05. The van der Waals surface area contributed by atoms with Crippen molar-refractivity contribution < 1.29 is 14.6 Å². The summed E-state index contributed by atoms with van der Waals surface area (Å²) in [5, 5.41) is 10.2. The van der Waals surface area contributed by atoms with Crippen molar-refractivity contribution in [2.75, 3.05) is 6.61 Å². The molecule has 3 heteroatoms. The Balaban J connectivity index is 3.85. The lowest BCUT2D eigenvalue weighted by atomic mass is 10.1. The molecule has 0 N–H and O–H groups in total. The molecule has 0 aromatic heterocycles. The van der Waals surface area contributed by atoms with Crippen LogP contribution in [0.1, 0.15) is 20.8 Å². The van der Waals surface area contributed by atoms with Crippen LogP contribution in [0, 0.1) is 0 Å². The highest BCUT2D eigenvalue weighted by Gasteiger charge is 2.17. The Bertz CT molecular complexity index is 107. The molecule has 0 aromatic rings. The van der Waals surface area contributed by atoms with Crippen LogP contribution in [0.4, 0.5) is 0 Å². The van der Waals surface area contributed by atoms with Gasteiger partial charge in [0.2, 0.25) is 0 Å². The maximum Gasteiger partial charge on any atom is 0.102 e. The van der Waals surface area contributed by atoms with Crippen LogP contribution in [0.15, 0.2) is 0 Å². The van der Waals surface area contributed by atoms with E-state index in [2.05, 4.69) is 0 Å². The van der Waals surface area contributed by atoms with Crippen molar-refractivity contribution >= 4 is 5.97 Å². The van der Waals surface area contributed by atoms with E-state index >= 15 is 0 Å². The van der Waals surface area contributed by atoms with Gasteiger partial charge >= 0.3 is 0 Å². The second-order valence-corrected chi connectivity index (χ2v) is 2.23. The number of ether oxygens (including phenoxy) is 1. The quantitative estimate of drug-likeness (QED) is 0.521. The molecule has 0 saturated heterocycles. The monoisotopic (exact) mass is 131 g/mol. The van der Waals surface area contributed by atoms with E-state index in [1.807, 2.05) is 0 Å². The van der Waals surface area contributed by atoms with Crippen molar-refractivity contribution in [3.63, 3.8) is 0 Å². The topological polar surface area (TPSA) is 49.4 Å². The lowest BCUT2D eigenvalue weighted by Crippen LogP contribution is -2.45. The summed E-state index contributed by atoms with van der Waals surface area (Å²) in [4.78, 5) is 10.2. The van der Waals surface area contributed by atoms with Crippen molar-refractivity contribution in [1.29, 1.82) is 0 Å². The molecule has 54 valence electrons. The summed E-state index contributed by atoms with van der Waals surface area (Å²) in [6.07, 6.45) is 0. The van der Waals surface area contributed by atoms with Gasteiger partial charge in [-0.2, -0.15) is 0 Å². The van der Waals surface area contributed by atoms with Crippen molar-refractivity contribution in [3.8, 4) is 0 Å². The van der Waals surface area contributed by atoms with Gasteiger partial charge in [-0.3, -0.25) is 0 Å². The molecule has 0 aliphatic carbocycles. The van der Waals surface area contributed by atoms with Crippen molar-refractivity contribution in [2.45, 2.75) is 26.4 Å². The van der Waals surface area contributed by atoms with Crippen LogP contribution in [0.2, 0.25) is 0 Å². The molecule has 0 amide bonds. The fourth-order valence-corrected chi connectivity index (χ4v) is 0.420. The Hall–Kier alpha value is -0.570. The lowest BCUT2D eigenvalue weighted by molar-refractivity contribution is -0.324. The Labute approximate surface area is 54.6 Å². The molecule has 0 fully saturated rings. The third-order valence-corrected chi connectivity index (χ3v) is 0.997. The summed E-state index contributed by atoms with van der Waals surface area (Å²) >= 11 is 0. The minimum atomic E-state index is -1.18. The van der Waals surface area contributed by atoms with Gasteiger partial charge in [0, 0.05) is 6.61 Å². The molecule has 0 aliphatic heterocycles. The zero-order chi connectivity index (χ0) is 7.49. The third-order valence-electron chi connectivity index (χ3n) is 0.997. The van der Waals surface area contributed by atoms with E-state index in [1.54, 1.807) is 6.92 Å². The minimum absolute atomic E-state index is 0.390. The molecule has 0 bridgehead atoms. The predicted octanol–water partition coefficient (Wildman–Crippen LogP) is -0.449. The van der Waals surface area contributed by atoms with E-state index in [4.69, 9.17) is 4.74 Å². The van der Waals surface area contributed by atoms with Crippen LogP contribution in [0.5, 0.6) is 0 Å². The first-order valence-corrected chi connectivity index (χ1v) is 2.86. The number of carbonyl (C=O) groups excluding carboxylic acids is 1. The first kappa shape index (κ1) is 8.43. The second-order valence-electron chi connectivity index (χ2n) is 2.23. The van der Waals surface area contributed by atoms with Crippen LogP contribution in [0.25, 0.3) is 0 Å². The fraction of sp³-hybridized carbons (Fsp3) is 0.833. The smallest absolute Gasteiger partial charge is 0.102 e. The van der Waals surface area contributed by atoms with Crippen LogP contribution in [-0.4, -0.2) is 18.2 Å². The summed E-state index contributed by atoms with van der Waals surface area (Å²) in [5.41, 5.74) is -1.14. The summed E-state index contributed by atoms with van der Waals surface area (Å²) in [6, 6.07) is 0. The average molecular weight is 131 g/mol. The second kappa shape index (κ2) is 2.82. The largest absolute Gasteiger partial charge is 0.547 e. The number of carbonyl (C=O) groups is 1. The Morgan fingerprint density at radius 1 is 1.67 bits per heavy atom. The zero-order valence-electron chi connectivity index (χ0n) is 5.93. The molecule has 9 heavy (non-hydrogen) atoms. The van der Waals surface area contributed by atoms with E-state index in [0.29, 0.717) is 6.61 Å². The first-order valence-electron chi connectivity index (χ1n) is 2.86. The third kappa shape index (κ3) is 2.46. The number of aliphatic carboxylic acids is 1. The number of hydrogen-bond acceptors (Lipinski definition) is 3. The summed E-state index contributed by atoms with van der Waals surface area (Å²) in [5.74, 6) is -1.18. The molecule has 3 nitrogen and oxygen atoms in total. The Kier molecular flexibility index (Phi) is 2.65. The van der Waals surface area contributed by atoms with Gasteiger partial charge in [-0.25, -0.2) is 0 Å². The SMILES string of the molecule is CCOC(C)(C)C(=O)[O-]. The molecule has 0 radical (unpaired) electrons. The van der Waals surface area contributed by atoms with Gasteiger partial charge in [-0.15, -0.1) is 0 Å². The number of carboxylic acid groups (broad SMARTS) is 1. The van der Waals surface area contributed by atoms with E-state index in [1.165, 1.54) is 13.8 Å². The van der Waals surface area contributed by atoms with Crippen molar-refractivity contribution in [2.24, 2.45) is 0 Å². The van der Waals surface area contributed by atoms with Crippen LogP contribution >= 0.6 is 0 Å². The number of hydrogen-bond donors (Lipinski definition) is 0. The van der Waals surface area contributed by atoms with Gasteiger partial charge in [0.25, 0.3) is 0 Å². The molecule has 0 aromatic carbocycles. The predicted molar refractivity (Wildman–Crippen MR) is 30.7 cm³/mol. The molecule has 0 heterocycles. The lowest BCUT2D eigenvalue weighted by Gasteiger charge is -2.25. The Morgan fingerprint density at radius 2 is 2.11 bits per heavy atom. The van der Waals surface area contributed by atoms with Gasteiger partial charge in [-0.05, 0) is 20.8 Å². The molecular formula is C6H11O3-. The van der Waals surface area contributed by atoms with Crippen molar-refractivity contribution in [3.05, 3.63) is 0 Å².